The molecule has 1 rings (SSSR count). The van der Waals surface area contributed by atoms with Crippen molar-refractivity contribution in [3.63, 3.8) is 0 Å². The first-order valence-corrected chi connectivity index (χ1v) is 4.31. The topological polar surface area (TPSA) is 14.1 Å². The Morgan fingerprint density at radius 2 is 2.00 bits per heavy atom. The van der Waals surface area contributed by atoms with E-state index in [1.54, 1.807) is 0 Å². The van der Waals surface area contributed by atoms with Gasteiger partial charge in [-0.15, -0.1) is 6.54 Å². The van der Waals surface area contributed by atoms with Crippen LogP contribution in [0.1, 0.15) is 26.7 Å². The predicted molar refractivity (Wildman–Crippen MR) is 45.2 cm³/mol. The molecule has 1 nitrogen and oxygen atoms in total. The van der Waals surface area contributed by atoms with Crippen LogP contribution in [-0.2, 0) is 20.4 Å². The van der Waals surface area contributed by atoms with E-state index in [1.807, 2.05) is 7.05 Å². The van der Waals surface area contributed by atoms with E-state index >= 15 is 0 Å². The van der Waals surface area contributed by atoms with Crippen LogP contribution >= 0.6 is 0 Å². The second-order valence-corrected chi connectivity index (χ2v) is 3.74. The van der Waals surface area contributed by atoms with E-state index in [-0.39, 0.29) is 20.4 Å². The fraction of sp³-hybridized carbons (Fsp3) is 1.00. The van der Waals surface area contributed by atoms with Crippen LogP contribution < -0.4 is 0 Å². The molecule has 0 N–H and O–H groups in total. The summed E-state index contributed by atoms with van der Waals surface area (Å²) < 4.78 is 0. The van der Waals surface area contributed by atoms with Gasteiger partial charge in [-0.3, -0.25) is 0 Å². The zero-order valence-electron chi connectivity index (χ0n) is 7.68. The van der Waals surface area contributed by atoms with Crippen molar-refractivity contribution in [3.8, 4) is 0 Å². The van der Waals surface area contributed by atoms with Crippen LogP contribution in [0.15, 0.2) is 0 Å². The predicted octanol–water partition coefficient (Wildman–Crippen LogP) is 2.67. The molecule has 0 aromatic rings. The second-order valence-electron chi connectivity index (χ2n) is 3.74. The molecule has 1 radical (unpaired) electrons. The Balaban J connectivity index is 0.000001000. The molecule has 0 amide bonds. The van der Waals surface area contributed by atoms with Crippen molar-refractivity contribution in [2.24, 2.45) is 17.8 Å². The first-order chi connectivity index (χ1) is 4.75. The largest absolute Gasteiger partial charge is 0.665 e. The van der Waals surface area contributed by atoms with Crippen molar-refractivity contribution < 1.29 is 20.4 Å². The maximum absolute atomic E-state index is 4.19. The molecule has 0 bridgehead atoms. The molecule has 1 aliphatic rings. The summed E-state index contributed by atoms with van der Waals surface area (Å²) in [4.78, 5) is 0. The van der Waals surface area contributed by atoms with Gasteiger partial charge in [0.05, 0.1) is 0 Å². The van der Waals surface area contributed by atoms with Gasteiger partial charge in [-0.2, -0.15) is 7.05 Å². The Morgan fingerprint density at radius 1 is 1.36 bits per heavy atom. The van der Waals surface area contributed by atoms with E-state index in [1.165, 1.54) is 12.8 Å². The summed E-state index contributed by atoms with van der Waals surface area (Å²) >= 11 is 0. The van der Waals surface area contributed by atoms with Crippen LogP contribution in [0, 0.1) is 17.8 Å². The van der Waals surface area contributed by atoms with E-state index in [4.69, 9.17) is 0 Å². The van der Waals surface area contributed by atoms with Gasteiger partial charge in [0.25, 0.3) is 0 Å². The number of nitrogens with zero attached hydrogens (tertiary/aromatic N) is 1. The maximum atomic E-state index is 4.19. The molecule has 11 heavy (non-hydrogen) atoms. The zero-order valence-corrected chi connectivity index (χ0v) is 10.4. The summed E-state index contributed by atoms with van der Waals surface area (Å²) in [6.45, 7) is 5.75. The first-order valence-electron chi connectivity index (χ1n) is 4.31. The van der Waals surface area contributed by atoms with Gasteiger partial charge in [-0.05, 0) is 18.3 Å². The summed E-state index contributed by atoms with van der Waals surface area (Å²) in [5.74, 6) is 2.77. The van der Waals surface area contributed by atoms with Gasteiger partial charge in [0, 0.05) is 20.4 Å². The summed E-state index contributed by atoms with van der Waals surface area (Å²) in [7, 11) is 1.93. The quantitative estimate of drug-likeness (QED) is 0.757. The summed E-state index contributed by atoms with van der Waals surface area (Å²) in [6.07, 6.45) is 2.86. The number of hydrogen-bond donors (Lipinski definition) is 0. The monoisotopic (exact) mass is 327 g/mol. The SMILES string of the molecule is C[N-]CC1CCC1C(C)C.[Re]. The van der Waals surface area contributed by atoms with Gasteiger partial charge in [0.1, 0.15) is 0 Å². The van der Waals surface area contributed by atoms with Crippen molar-refractivity contribution in [1.82, 2.24) is 0 Å². The van der Waals surface area contributed by atoms with E-state index in [2.05, 4.69) is 19.2 Å². The molecule has 1 fully saturated rings. The second kappa shape index (κ2) is 5.30. The minimum Gasteiger partial charge on any atom is -0.665 e. The van der Waals surface area contributed by atoms with E-state index in [9.17, 15) is 0 Å². The fourth-order valence-corrected chi connectivity index (χ4v) is 1.93. The molecule has 0 heterocycles. The molecule has 2 heteroatoms. The molecule has 0 aromatic carbocycles. The van der Waals surface area contributed by atoms with Crippen LogP contribution in [0.25, 0.3) is 5.32 Å². The van der Waals surface area contributed by atoms with E-state index in [0.29, 0.717) is 0 Å². The van der Waals surface area contributed by atoms with Crippen molar-refractivity contribution in [2.75, 3.05) is 13.6 Å². The summed E-state index contributed by atoms with van der Waals surface area (Å²) in [5.41, 5.74) is 0. The molecule has 0 aliphatic heterocycles. The molecule has 1 saturated carbocycles. The van der Waals surface area contributed by atoms with Gasteiger partial charge < -0.3 is 5.32 Å². The van der Waals surface area contributed by atoms with Crippen molar-refractivity contribution in [3.05, 3.63) is 5.32 Å². The molecule has 0 saturated heterocycles. The maximum Gasteiger partial charge on any atom is 0 e. The Labute approximate surface area is 84.0 Å². The number of hydrogen-bond acceptors (Lipinski definition) is 0. The molecule has 0 aromatic heterocycles. The zero-order chi connectivity index (χ0) is 7.56. The molecule has 1 aliphatic carbocycles. The van der Waals surface area contributed by atoms with Gasteiger partial charge in [0.15, 0.2) is 0 Å². The Kier molecular flexibility index (Phi) is 5.60. The minimum atomic E-state index is 0. The van der Waals surface area contributed by atoms with Crippen molar-refractivity contribution in [2.45, 2.75) is 26.7 Å². The first kappa shape index (κ1) is 11.6. The smallest absolute Gasteiger partial charge is 0 e. The fourth-order valence-electron chi connectivity index (χ4n) is 1.93. The van der Waals surface area contributed by atoms with Crippen LogP contribution in [-0.4, -0.2) is 13.6 Å². The molecule has 2 atom stereocenters. The van der Waals surface area contributed by atoms with Gasteiger partial charge in [0.2, 0.25) is 0 Å². The minimum absolute atomic E-state index is 0. The number of rotatable bonds is 3. The summed E-state index contributed by atoms with van der Waals surface area (Å²) in [5, 5.41) is 4.19. The Bertz CT molecular complexity index is 104. The van der Waals surface area contributed by atoms with Gasteiger partial charge >= 0.3 is 0 Å². The average Bonchev–Trinajstić information content (AvgIpc) is 1.78. The Hall–Kier alpha value is 0.622. The Morgan fingerprint density at radius 3 is 2.27 bits per heavy atom. The van der Waals surface area contributed by atoms with Crippen LogP contribution in [0.3, 0.4) is 0 Å². The third-order valence-electron chi connectivity index (χ3n) is 2.75. The molecular formula is C9H18NRe-. The standard InChI is InChI=1S/C9H18N.Re/c1-7(2)9-5-4-8(9)6-10-3;/h7-9H,4-6H2,1-3H3;/q-1;. The van der Waals surface area contributed by atoms with Crippen LogP contribution in [0.4, 0.5) is 0 Å². The molecular weight excluding hydrogens is 308 g/mol. The van der Waals surface area contributed by atoms with Crippen LogP contribution in [0.2, 0.25) is 0 Å². The molecule has 0 spiro atoms. The summed E-state index contributed by atoms with van der Waals surface area (Å²) in [6, 6.07) is 0. The van der Waals surface area contributed by atoms with Crippen molar-refractivity contribution >= 4 is 0 Å². The molecule has 2 unspecified atom stereocenters. The van der Waals surface area contributed by atoms with E-state index in [0.717, 1.165) is 24.3 Å². The van der Waals surface area contributed by atoms with Gasteiger partial charge in [-0.25, -0.2) is 0 Å². The van der Waals surface area contributed by atoms with Crippen LogP contribution in [0.5, 0.6) is 0 Å². The van der Waals surface area contributed by atoms with Gasteiger partial charge in [-0.1, -0.05) is 26.2 Å². The third kappa shape index (κ3) is 2.86. The van der Waals surface area contributed by atoms with Crippen molar-refractivity contribution in [1.29, 1.82) is 0 Å². The molecule has 67 valence electrons. The normalized spacial score (nSPS) is 29.5. The average molecular weight is 326 g/mol. The van der Waals surface area contributed by atoms with E-state index < -0.39 is 0 Å². The third-order valence-corrected chi connectivity index (χ3v) is 2.75.